The van der Waals surface area contributed by atoms with Crippen LogP contribution in [0.15, 0.2) is 22.7 Å². The first-order valence-corrected chi connectivity index (χ1v) is 8.12. The van der Waals surface area contributed by atoms with Gasteiger partial charge in [-0.1, -0.05) is 27.5 Å². The summed E-state index contributed by atoms with van der Waals surface area (Å²) in [4.78, 5) is 2.54. The molecule has 0 spiro atoms. The Labute approximate surface area is 129 Å². The van der Waals surface area contributed by atoms with Crippen LogP contribution in [0, 0.1) is 5.92 Å². The molecule has 0 aliphatic carbocycles. The molecule has 1 aliphatic rings. The number of likely N-dealkylation sites (tertiary alicyclic amines) is 1. The van der Waals surface area contributed by atoms with Gasteiger partial charge < -0.3 is 5.73 Å². The van der Waals surface area contributed by atoms with E-state index in [4.69, 9.17) is 17.3 Å². The Morgan fingerprint density at radius 3 is 2.84 bits per heavy atom. The summed E-state index contributed by atoms with van der Waals surface area (Å²) < 4.78 is 1.08. The van der Waals surface area contributed by atoms with Crippen molar-refractivity contribution in [3.8, 4) is 0 Å². The molecule has 2 unspecified atom stereocenters. The van der Waals surface area contributed by atoms with E-state index in [0.29, 0.717) is 18.0 Å². The molecular formula is C15H22BrClN2. The summed E-state index contributed by atoms with van der Waals surface area (Å²) in [6.45, 7) is 6.34. The Balaban J connectivity index is 2.42. The Hall–Kier alpha value is -0.0900. The first-order chi connectivity index (χ1) is 9.04. The van der Waals surface area contributed by atoms with Crippen LogP contribution in [0.2, 0.25) is 5.02 Å². The van der Waals surface area contributed by atoms with E-state index in [1.165, 1.54) is 18.4 Å². The third-order valence-electron chi connectivity index (χ3n) is 4.04. The van der Waals surface area contributed by atoms with Crippen LogP contribution in [0.5, 0.6) is 0 Å². The molecular weight excluding hydrogens is 324 g/mol. The van der Waals surface area contributed by atoms with Crippen LogP contribution in [0.3, 0.4) is 0 Å². The average Bonchev–Trinajstić information content (AvgIpc) is 2.40. The highest BCUT2D eigenvalue weighted by atomic mass is 79.9. The van der Waals surface area contributed by atoms with Gasteiger partial charge in [-0.25, -0.2) is 0 Å². The molecule has 1 aliphatic heterocycles. The molecule has 1 aromatic rings. The predicted molar refractivity (Wildman–Crippen MR) is 85.5 cm³/mol. The zero-order chi connectivity index (χ0) is 14.0. The number of benzene rings is 1. The van der Waals surface area contributed by atoms with E-state index in [-0.39, 0.29) is 0 Å². The lowest BCUT2D eigenvalue weighted by Gasteiger charge is -2.44. The van der Waals surface area contributed by atoms with Crippen molar-refractivity contribution in [3.05, 3.63) is 33.3 Å². The molecule has 1 fully saturated rings. The number of hydrogen-bond donors (Lipinski definition) is 1. The molecule has 4 heteroatoms. The second-order valence-corrected chi connectivity index (χ2v) is 6.90. The van der Waals surface area contributed by atoms with Gasteiger partial charge in [0.1, 0.15) is 0 Å². The van der Waals surface area contributed by atoms with Gasteiger partial charge >= 0.3 is 0 Å². The van der Waals surface area contributed by atoms with Crippen molar-refractivity contribution in [2.75, 3.05) is 13.1 Å². The van der Waals surface area contributed by atoms with Crippen molar-refractivity contribution in [1.82, 2.24) is 4.90 Å². The number of nitrogens with two attached hydrogens (primary N) is 1. The molecule has 0 amide bonds. The summed E-state index contributed by atoms with van der Waals surface area (Å²) in [6, 6.07) is 6.96. The minimum absolute atomic E-state index is 0.337. The minimum Gasteiger partial charge on any atom is -0.330 e. The third kappa shape index (κ3) is 3.33. The van der Waals surface area contributed by atoms with Gasteiger partial charge in [-0.3, -0.25) is 4.90 Å². The van der Waals surface area contributed by atoms with Gasteiger partial charge in [0, 0.05) is 21.6 Å². The van der Waals surface area contributed by atoms with E-state index in [2.05, 4.69) is 40.7 Å². The lowest BCUT2D eigenvalue weighted by Crippen LogP contribution is -2.45. The lowest BCUT2D eigenvalue weighted by molar-refractivity contribution is 0.0666. The first kappa shape index (κ1) is 15.3. The predicted octanol–water partition coefficient (Wildman–Crippen LogP) is 4.22. The van der Waals surface area contributed by atoms with Gasteiger partial charge in [-0.2, -0.15) is 0 Å². The Kier molecular flexibility index (Phi) is 5.29. The molecule has 2 rings (SSSR count). The van der Waals surface area contributed by atoms with Gasteiger partial charge in [0.25, 0.3) is 0 Å². The van der Waals surface area contributed by atoms with Crippen molar-refractivity contribution in [1.29, 1.82) is 0 Å². The van der Waals surface area contributed by atoms with E-state index in [9.17, 15) is 0 Å². The summed E-state index contributed by atoms with van der Waals surface area (Å²) in [7, 11) is 0. The standard InChI is InChI=1S/C15H22BrClN2/c1-10(2)19-7-3-4-11(9-18)15(19)13-8-12(16)5-6-14(13)17/h5-6,8,10-11,15H,3-4,7,9,18H2,1-2H3. The summed E-state index contributed by atoms with van der Waals surface area (Å²) in [5.41, 5.74) is 7.21. The van der Waals surface area contributed by atoms with Crippen LogP contribution in [0.1, 0.15) is 38.3 Å². The quantitative estimate of drug-likeness (QED) is 0.888. The second kappa shape index (κ2) is 6.57. The van der Waals surface area contributed by atoms with Gasteiger partial charge in [-0.15, -0.1) is 0 Å². The monoisotopic (exact) mass is 344 g/mol. The normalized spacial score (nSPS) is 24.9. The van der Waals surface area contributed by atoms with Crippen molar-refractivity contribution < 1.29 is 0 Å². The molecule has 2 N–H and O–H groups in total. The Bertz CT molecular complexity index is 436. The molecule has 1 saturated heterocycles. The summed E-state index contributed by atoms with van der Waals surface area (Å²) in [5.74, 6) is 0.489. The maximum atomic E-state index is 6.43. The maximum absolute atomic E-state index is 6.43. The molecule has 2 nitrogen and oxygen atoms in total. The number of piperidine rings is 1. The van der Waals surface area contributed by atoms with Crippen LogP contribution >= 0.6 is 27.5 Å². The number of hydrogen-bond acceptors (Lipinski definition) is 2. The van der Waals surface area contributed by atoms with Crippen molar-refractivity contribution in [2.24, 2.45) is 11.7 Å². The minimum atomic E-state index is 0.337. The van der Waals surface area contributed by atoms with Crippen molar-refractivity contribution >= 4 is 27.5 Å². The molecule has 2 atom stereocenters. The summed E-state index contributed by atoms with van der Waals surface area (Å²) >= 11 is 9.99. The highest BCUT2D eigenvalue weighted by molar-refractivity contribution is 9.10. The van der Waals surface area contributed by atoms with Gasteiger partial charge in [0.05, 0.1) is 0 Å². The summed E-state index contributed by atoms with van der Waals surface area (Å²) in [6.07, 6.45) is 2.41. The molecule has 0 radical (unpaired) electrons. The van der Waals surface area contributed by atoms with Gasteiger partial charge in [-0.05, 0) is 69.5 Å². The molecule has 0 saturated carbocycles. The highest BCUT2D eigenvalue weighted by Gasteiger charge is 2.34. The Morgan fingerprint density at radius 2 is 2.21 bits per heavy atom. The van der Waals surface area contributed by atoms with Gasteiger partial charge in [0.2, 0.25) is 0 Å². The first-order valence-electron chi connectivity index (χ1n) is 6.95. The average molecular weight is 346 g/mol. The highest BCUT2D eigenvalue weighted by Crippen LogP contribution is 2.40. The zero-order valence-electron chi connectivity index (χ0n) is 11.6. The molecule has 0 aromatic heterocycles. The fourth-order valence-electron chi connectivity index (χ4n) is 3.10. The van der Waals surface area contributed by atoms with Crippen LogP contribution in [-0.4, -0.2) is 24.0 Å². The number of rotatable bonds is 3. The Morgan fingerprint density at radius 1 is 1.47 bits per heavy atom. The molecule has 19 heavy (non-hydrogen) atoms. The van der Waals surface area contributed by atoms with E-state index in [1.54, 1.807) is 0 Å². The maximum Gasteiger partial charge on any atom is 0.0454 e. The topological polar surface area (TPSA) is 29.3 Å². The number of nitrogens with zero attached hydrogens (tertiary/aromatic N) is 1. The van der Waals surface area contributed by atoms with E-state index in [1.807, 2.05) is 12.1 Å². The molecule has 106 valence electrons. The van der Waals surface area contributed by atoms with Crippen molar-refractivity contribution in [2.45, 2.75) is 38.8 Å². The molecule has 0 bridgehead atoms. The summed E-state index contributed by atoms with van der Waals surface area (Å²) in [5, 5.41) is 0.846. The molecule has 1 heterocycles. The zero-order valence-corrected chi connectivity index (χ0v) is 13.9. The van der Waals surface area contributed by atoms with E-state index < -0.39 is 0 Å². The third-order valence-corrected chi connectivity index (χ3v) is 4.88. The van der Waals surface area contributed by atoms with Crippen LogP contribution < -0.4 is 5.73 Å². The number of halogens is 2. The van der Waals surface area contributed by atoms with E-state index in [0.717, 1.165) is 22.6 Å². The molecule has 1 aromatic carbocycles. The smallest absolute Gasteiger partial charge is 0.0454 e. The van der Waals surface area contributed by atoms with E-state index >= 15 is 0 Å². The van der Waals surface area contributed by atoms with Crippen molar-refractivity contribution in [3.63, 3.8) is 0 Å². The van der Waals surface area contributed by atoms with Crippen LogP contribution in [0.25, 0.3) is 0 Å². The largest absolute Gasteiger partial charge is 0.330 e. The van der Waals surface area contributed by atoms with Crippen LogP contribution in [0.4, 0.5) is 0 Å². The SMILES string of the molecule is CC(C)N1CCCC(CN)C1c1cc(Br)ccc1Cl. The van der Waals surface area contributed by atoms with Gasteiger partial charge in [0.15, 0.2) is 0 Å². The lowest BCUT2D eigenvalue weighted by atomic mass is 9.84. The van der Waals surface area contributed by atoms with Crippen LogP contribution in [-0.2, 0) is 0 Å². The fourth-order valence-corrected chi connectivity index (χ4v) is 3.71. The second-order valence-electron chi connectivity index (χ2n) is 5.58. The fraction of sp³-hybridized carbons (Fsp3) is 0.600.